The molecule has 0 atom stereocenters. The monoisotopic (exact) mass is 151 g/mol. The van der Waals surface area contributed by atoms with Gasteiger partial charge in [-0.15, -0.1) is 0 Å². The van der Waals surface area contributed by atoms with Gasteiger partial charge in [0, 0.05) is 13.1 Å². The van der Waals surface area contributed by atoms with Gasteiger partial charge in [0.25, 0.3) is 0 Å². The summed E-state index contributed by atoms with van der Waals surface area (Å²) in [5.74, 6) is -6.60. The van der Waals surface area contributed by atoms with Crippen LogP contribution >= 0.6 is 0 Å². The van der Waals surface area contributed by atoms with Crippen molar-refractivity contribution in [1.29, 1.82) is 0 Å². The van der Waals surface area contributed by atoms with Crippen LogP contribution in [-0.2, 0) is 4.79 Å². The van der Waals surface area contributed by atoms with E-state index in [1.54, 1.807) is 0 Å². The topological polar surface area (TPSA) is 49.3 Å². The van der Waals surface area contributed by atoms with Gasteiger partial charge < -0.3 is 10.4 Å². The van der Waals surface area contributed by atoms with Gasteiger partial charge in [-0.3, -0.25) is 0 Å². The van der Waals surface area contributed by atoms with E-state index in [9.17, 15) is 13.6 Å². The van der Waals surface area contributed by atoms with Gasteiger partial charge in [0.1, 0.15) is 0 Å². The number of carboxylic acid groups (broad SMARTS) is 1. The Kier molecular flexibility index (Phi) is 1.60. The molecule has 0 aromatic carbocycles. The molecule has 3 nitrogen and oxygen atoms in total. The van der Waals surface area contributed by atoms with Crippen LogP contribution in [0, 0.1) is 5.92 Å². The Bertz CT molecular complexity index is 156. The first-order valence-corrected chi connectivity index (χ1v) is 2.87. The fraction of sp³-hybridized carbons (Fsp3) is 0.800. The molecule has 10 heavy (non-hydrogen) atoms. The average Bonchev–Trinajstić information content (AvgIpc) is 1.57. The lowest BCUT2D eigenvalue weighted by Crippen LogP contribution is -2.55. The zero-order valence-electron chi connectivity index (χ0n) is 5.10. The molecule has 58 valence electrons. The highest BCUT2D eigenvalue weighted by Crippen LogP contribution is 2.27. The van der Waals surface area contributed by atoms with Crippen molar-refractivity contribution in [3.8, 4) is 0 Å². The van der Waals surface area contributed by atoms with Crippen LogP contribution in [0.2, 0.25) is 0 Å². The second-order valence-electron chi connectivity index (χ2n) is 2.28. The second-order valence-corrected chi connectivity index (χ2v) is 2.28. The van der Waals surface area contributed by atoms with Crippen molar-refractivity contribution in [2.24, 2.45) is 5.92 Å². The Hall–Kier alpha value is -0.710. The molecule has 0 bridgehead atoms. The number of rotatable bonds is 2. The van der Waals surface area contributed by atoms with Crippen LogP contribution < -0.4 is 5.32 Å². The molecular formula is C5H7F2NO2. The SMILES string of the molecule is O=C(O)C(F)(F)C1CNC1. The summed E-state index contributed by atoms with van der Waals surface area (Å²) in [6.07, 6.45) is 0. The van der Waals surface area contributed by atoms with E-state index < -0.39 is 17.8 Å². The maximum absolute atomic E-state index is 12.4. The van der Waals surface area contributed by atoms with E-state index in [2.05, 4.69) is 5.32 Å². The molecule has 1 saturated heterocycles. The van der Waals surface area contributed by atoms with Crippen molar-refractivity contribution < 1.29 is 18.7 Å². The summed E-state index contributed by atoms with van der Waals surface area (Å²) in [6.45, 7) is 0.193. The van der Waals surface area contributed by atoms with E-state index in [4.69, 9.17) is 5.11 Å². The first kappa shape index (κ1) is 7.40. The van der Waals surface area contributed by atoms with Crippen molar-refractivity contribution in [2.45, 2.75) is 5.92 Å². The Balaban J connectivity index is 2.57. The third kappa shape index (κ3) is 0.965. The number of hydrogen-bond acceptors (Lipinski definition) is 2. The summed E-state index contributed by atoms with van der Waals surface area (Å²) in [4.78, 5) is 9.88. The van der Waals surface area contributed by atoms with E-state index in [0.29, 0.717) is 0 Å². The molecule has 0 saturated carbocycles. The molecule has 5 heteroatoms. The van der Waals surface area contributed by atoms with Crippen molar-refractivity contribution in [3.05, 3.63) is 0 Å². The fourth-order valence-electron chi connectivity index (χ4n) is 0.720. The zero-order valence-corrected chi connectivity index (χ0v) is 5.10. The van der Waals surface area contributed by atoms with E-state index in [1.807, 2.05) is 0 Å². The predicted octanol–water partition coefficient (Wildman–Crippen LogP) is -0.0743. The molecule has 0 amide bonds. The highest BCUT2D eigenvalue weighted by atomic mass is 19.3. The van der Waals surface area contributed by atoms with Crippen LogP contribution in [0.3, 0.4) is 0 Å². The van der Waals surface area contributed by atoms with Gasteiger partial charge in [-0.2, -0.15) is 8.78 Å². The van der Waals surface area contributed by atoms with Crippen LogP contribution in [0.5, 0.6) is 0 Å². The predicted molar refractivity (Wildman–Crippen MR) is 28.9 cm³/mol. The summed E-state index contributed by atoms with van der Waals surface area (Å²) < 4.78 is 24.7. The molecule has 1 aliphatic heterocycles. The van der Waals surface area contributed by atoms with Crippen molar-refractivity contribution in [1.82, 2.24) is 5.32 Å². The number of carbonyl (C=O) groups is 1. The van der Waals surface area contributed by atoms with Crippen LogP contribution in [0.4, 0.5) is 8.78 Å². The first-order valence-electron chi connectivity index (χ1n) is 2.87. The third-order valence-electron chi connectivity index (χ3n) is 1.58. The van der Waals surface area contributed by atoms with Crippen molar-refractivity contribution in [3.63, 3.8) is 0 Å². The van der Waals surface area contributed by atoms with Gasteiger partial charge in [0.05, 0.1) is 5.92 Å². The molecular weight excluding hydrogens is 144 g/mol. The van der Waals surface area contributed by atoms with E-state index in [0.717, 1.165) is 0 Å². The average molecular weight is 151 g/mol. The Morgan fingerprint density at radius 2 is 2.10 bits per heavy atom. The standard InChI is InChI=1S/C5H7F2NO2/c6-5(7,4(9)10)3-1-8-2-3/h3,8H,1-2H2,(H,9,10). The molecule has 1 rings (SSSR count). The summed E-state index contributed by atoms with van der Waals surface area (Å²) >= 11 is 0. The molecule has 0 radical (unpaired) electrons. The van der Waals surface area contributed by atoms with Gasteiger partial charge in [0.15, 0.2) is 0 Å². The van der Waals surface area contributed by atoms with Gasteiger partial charge in [-0.05, 0) is 0 Å². The van der Waals surface area contributed by atoms with Crippen LogP contribution in [0.1, 0.15) is 0 Å². The Morgan fingerprint density at radius 3 is 2.20 bits per heavy atom. The number of aliphatic carboxylic acids is 1. The minimum atomic E-state index is -3.55. The van der Waals surface area contributed by atoms with Crippen LogP contribution in [-0.4, -0.2) is 30.1 Å². The largest absolute Gasteiger partial charge is 0.477 e. The maximum Gasteiger partial charge on any atom is 0.374 e. The molecule has 1 fully saturated rings. The minimum absolute atomic E-state index is 0.0965. The molecule has 0 aromatic rings. The molecule has 0 aromatic heterocycles. The lowest BCUT2D eigenvalue weighted by molar-refractivity contribution is -0.176. The van der Waals surface area contributed by atoms with Gasteiger partial charge in [-0.1, -0.05) is 0 Å². The number of nitrogens with one attached hydrogen (secondary N) is 1. The second kappa shape index (κ2) is 2.16. The molecule has 0 spiro atoms. The number of alkyl halides is 2. The number of hydrogen-bond donors (Lipinski definition) is 2. The summed E-state index contributed by atoms with van der Waals surface area (Å²) in [5.41, 5.74) is 0. The minimum Gasteiger partial charge on any atom is -0.477 e. The maximum atomic E-state index is 12.4. The van der Waals surface area contributed by atoms with E-state index in [1.165, 1.54) is 0 Å². The van der Waals surface area contributed by atoms with Crippen LogP contribution in [0.25, 0.3) is 0 Å². The Morgan fingerprint density at radius 1 is 1.60 bits per heavy atom. The Labute approximate surface area is 56.0 Å². The summed E-state index contributed by atoms with van der Waals surface area (Å²) in [7, 11) is 0. The van der Waals surface area contributed by atoms with Gasteiger partial charge in [-0.25, -0.2) is 4.79 Å². The smallest absolute Gasteiger partial charge is 0.374 e. The lowest BCUT2D eigenvalue weighted by atomic mass is 9.95. The fourth-order valence-corrected chi connectivity index (χ4v) is 0.720. The summed E-state index contributed by atoms with van der Waals surface area (Å²) in [5, 5.41) is 10.6. The molecule has 1 heterocycles. The normalized spacial score (nSPS) is 20.2. The molecule has 0 aliphatic carbocycles. The van der Waals surface area contributed by atoms with Crippen molar-refractivity contribution >= 4 is 5.97 Å². The summed E-state index contributed by atoms with van der Waals surface area (Å²) in [6, 6.07) is 0. The highest BCUT2D eigenvalue weighted by Gasteiger charge is 2.49. The molecule has 0 unspecified atom stereocenters. The molecule has 1 aliphatic rings. The molecule has 2 N–H and O–H groups in total. The highest BCUT2D eigenvalue weighted by molar-refractivity contribution is 5.75. The first-order chi connectivity index (χ1) is 4.55. The number of halogens is 2. The van der Waals surface area contributed by atoms with Gasteiger partial charge >= 0.3 is 11.9 Å². The zero-order chi connectivity index (χ0) is 7.78. The van der Waals surface area contributed by atoms with Gasteiger partial charge in [0.2, 0.25) is 0 Å². The van der Waals surface area contributed by atoms with Crippen LogP contribution in [0.15, 0.2) is 0 Å². The lowest BCUT2D eigenvalue weighted by Gasteiger charge is -2.31. The van der Waals surface area contributed by atoms with E-state index >= 15 is 0 Å². The number of carboxylic acids is 1. The van der Waals surface area contributed by atoms with E-state index in [-0.39, 0.29) is 13.1 Å². The quantitative estimate of drug-likeness (QED) is 0.580. The van der Waals surface area contributed by atoms with Crippen molar-refractivity contribution in [2.75, 3.05) is 13.1 Å². The third-order valence-corrected chi connectivity index (χ3v) is 1.58.